The van der Waals surface area contributed by atoms with E-state index in [1.54, 1.807) is 4.90 Å². The molecule has 0 radical (unpaired) electrons. The van der Waals surface area contributed by atoms with Crippen molar-refractivity contribution in [3.63, 3.8) is 0 Å². The third-order valence-corrected chi connectivity index (χ3v) is 3.23. The van der Waals surface area contributed by atoms with Crippen LogP contribution in [0, 0.1) is 6.92 Å². The van der Waals surface area contributed by atoms with E-state index in [-0.39, 0.29) is 12.5 Å². The molecule has 1 heterocycles. The summed E-state index contributed by atoms with van der Waals surface area (Å²) in [5.74, 6) is 1.90. The van der Waals surface area contributed by atoms with E-state index in [1.165, 1.54) is 0 Å². The molecule has 112 valence electrons. The van der Waals surface area contributed by atoms with Crippen molar-refractivity contribution in [2.45, 2.75) is 40.5 Å². The largest absolute Gasteiger partial charge is 0.383 e. The van der Waals surface area contributed by atoms with Crippen LogP contribution >= 0.6 is 0 Å². The minimum absolute atomic E-state index is 0.0589. The summed E-state index contributed by atoms with van der Waals surface area (Å²) in [4.78, 5) is 22.4. The normalized spacial score (nSPS) is 10.4. The van der Waals surface area contributed by atoms with Crippen LogP contribution in [-0.2, 0) is 11.2 Å². The zero-order valence-electron chi connectivity index (χ0n) is 12.9. The number of aryl methyl sites for hydroxylation is 1. The Kier molecular flexibility index (Phi) is 6.21. The summed E-state index contributed by atoms with van der Waals surface area (Å²) in [6.45, 7) is 9.51. The number of nitrogens with zero attached hydrogens (tertiary/aromatic N) is 3. The van der Waals surface area contributed by atoms with Crippen LogP contribution < -0.4 is 11.1 Å². The van der Waals surface area contributed by atoms with Crippen LogP contribution in [-0.4, -0.2) is 40.4 Å². The minimum atomic E-state index is 0.0589. The summed E-state index contributed by atoms with van der Waals surface area (Å²) < 4.78 is 0. The molecule has 0 spiro atoms. The lowest BCUT2D eigenvalue weighted by atomic mass is 10.2. The summed E-state index contributed by atoms with van der Waals surface area (Å²) in [6, 6.07) is 0. The second kappa shape index (κ2) is 7.67. The van der Waals surface area contributed by atoms with Crippen molar-refractivity contribution >= 4 is 17.5 Å². The van der Waals surface area contributed by atoms with Gasteiger partial charge in [-0.1, -0.05) is 6.92 Å². The van der Waals surface area contributed by atoms with Crippen LogP contribution in [0.3, 0.4) is 0 Å². The maximum absolute atomic E-state index is 12.0. The molecule has 0 aliphatic rings. The number of nitrogens with one attached hydrogen (secondary N) is 1. The van der Waals surface area contributed by atoms with E-state index in [2.05, 4.69) is 22.2 Å². The minimum Gasteiger partial charge on any atom is -0.383 e. The van der Waals surface area contributed by atoms with Crippen molar-refractivity contribution < 1.29 is 4.79 Å². The molecule has 3 N–H and O–H groups in total. The quantitative estimate of drug-likeness (QED) is 0.792. The number of anilines is 2. The second-order valence-corrected chi connectivity index (χ2v) is 4.67. The van der Waals surface area contributed by atoms with Crippen LogP contribution in [0.4, 0.5) is 11.6 Å². The van der Waals surface area contributed by atoms with Gasteiger partial charge in [0.05, 0.1) is 6.54 Å². The topological polar surface area (TPSA) is 84.1 Å². The van der Waals surface area contributed by atoms with Gasteiger partial charge in [0.25, 0.3) is 0 Å². The van der Waals surface area contributed by atoms with E-state index < -0.39 is 0 Å². The van der Waals surface area contributed by atoms with Gasteiger partial charge in [0.15, 0.2) is 0 Å². The molecule has 0 saturated carbocycles. The first kappa shape index (κ1) is 16.2. The average molecular weight is 279 g/mol. The Balaban J connectivity index is 2.79. The zero-order valence-corrected chi connectivity index (χ0v) is 12.9. The molecule has 0 aromatic carbocycles. The third kappa shape index (κ3) is 4.08. The van der Waals surface area contributed by atoms with Crippen LogP contribution in [0.15, 0.2) is 0 Å². The van der Waals surface area contributed by atoms with E-state index in [4.69, 9.17) is 5.73 Å². The summed E-state index contributed by atoms with van der Waals surface area (Å²) in [7, 11) is 0. The Bertz CT molecular complexity index is 457. The molecule has 0 atom stereocenters. The van der Waals surface area contributed by atoms with Gasteiger partial charge in [-0.05, 0) is 27.2 Å². The molecule has 0 aliphatic heterocycles. The molecule has 0 unspecified atom stereocenters. The summed E-state index contributed by atoms with van der Waals surface area (Å²) in [5, 5.41) is 3.08. The lowest BCUT2D eigenvalue weighted by molar-refractivity contribution is -0.128. The van der Waals surface area contributed by atoms with E-state index in [0.29, 0.717) is 30.5 Å². The SMILES string of the molecule is CCCc1nc(N)c(C)c(NCC(=O)N(CC)CC)n1. The molecule has 1 aromatic heterocycles. The Morgan fingerprint density at radius 1 is 1.25 bits per heavy atom. The zero-order chi connectivity index (χ0) is 15.1. The van der Waals surface area contributed by atoms with Crippen LogP contribution in [0.25, 0.3) is 0 Å². The number of hydrogen-bond donors (Lipinski definition) is 2. The van der Waals surface area contributed by atoms with Crippen molar-refractivity contribution in [1.29, 1.82) is 0 Å². The molecule has 0 aliphatic carbocycles. The van der Waals surface area contributed by atoms with Gasteiger partial charge >= 0.3 is 0 Å². The second-order valence-electron chi connectivity index (χ2n) is 4.67. The molecule has 0 fully saturated rings. The first-order valence-corrected chi connectivity index (χ1v) is 7.18. The number of nitrogens with two attached hydrogens (primary N) is 1. The monoisotopic (exact) mass is 279 g/mol. The molecule has 6 heteroatoms. The van der Waals surface area contributed by atoms with Crippen molar-refractivity contribution in [2.75, 3.05) is 30.7 Å². The molecule has 1 rings (SSSR count). The Labute approximate surface area is 120 Å². The van der Waals surface area contributed by atoms with Crippen molar-refractivity contribution in [3.05, 3.63) is 11.4 Å². The number of rotatable bonds is 7. The maximum atomic E-state index is 12.0. The van der Waals surface area contributed by atoms with Gasteiger partial charge in [-0.25, -0.2) is 9.97 Å². The lowest BCUT2D eigenvalue weighted by Crippen LogP contribution is -2.35. The molecular weight excluding hydrogens is 254 g/mol. The Morgan fingerprint density at radius 2 is 1.90 bits per heavy atom. The first-order valence-electron chi connectivity index (χ1n) is 7.18. The maximum Gasteiger partial charge on any atom is 0.241 e. The molecule has 6 nitrogen and oxygen atoms in total. The number of carbonyl (C=O) groups excluding carboxylic acids is 1. The van der Waals surface area contributed by atoms with Gasteiger partial charge in [-0.3, -0.25) is 4.79 Å². The molecule has 1 amide bonds. The number of amides is 1. The van der Waals surface area contributed by atoms with Crippen molar-refractivity contribution in [3.8, 4) is 0 Å². The van der Waals surface area contributed by atoms with Gasteiger partial charge in [-0.15, -0.1) is 0 Å². The number of likely N-dealkylation sites (N-methyl/N-ethyl adjacent to an activating group) is 1. The highest BCUT2D eigenvalue weighted by Crippen LogP contribution is 2.17. The van der Waals surface area contributed by atoms with Crippen molar-refractivity contribution in [1.82, 2.24) is 14.9 Å². The van der Waals surface area contributed by atoms with Crippen LogP contribution in [0.2, 0.25) is 0 Å². The highest BCUT2D eigenvalue weighted by molar-refractivity contribution is 5.81. The van der Waals surface area contributed by atoms with Crippen molar-refractivity contribution in [2.24, 2.45) is 0 Å². The predicted octanol–water partition coefficient (Wildman–Crippen LogP) is 1.60. The lowest BCUT2D eigenvalue weighted by Gasteiger charge is -2.19. The summed E-state index contributed by atoms with van der Waals surface area (Å²) >= 11 is 0. The van der Waals surface area contributed by atoms with E-state index in [0.717, 1.165) is 18.4 Å². The fraction of sp³-hybridized carbons (Fsp3) is 0.643. The molecular formula is C14H25N5O. The van der Waals surface area contributed by atoms with E-state index in [1.807, 2.05) is 20.8 Å². The number of hydrogen-bond acceptors (Lipinski definition) is 5. The summed E-state index contributed by atoms with van der Waals surface area (Å²) in [6.07, 6.45) is 1.74. The fourth-order valence-electron chi connectivity index (χ4n) is 1.94. The van der Waals surface area contributed by atoms with Crippen LogP contribution in [0.1, 0.15) is 38.6 Å². The van der Waals surface area contributed by atoms with Gasteiger partial charge in [-0.2, -0.15) is 0 Å². The highest BCUT2D eigenvalue weighted by Gasteiger charge is 2.12. The Hall–Kier alpha value is -1.85. The third-order valence-electron chi connectivity index (χ3n) is 3.23. The van der Waals surface area contributed by atoms with Gasteiger partial charge < -0.3 is 16.0 Å². The van der Waals surface area contributed by atoms with Gasteiger partial charge in [0.1, 0.15) is 17.5 Å². The predicted molar refractivity (Wildman–Crippen MR) is 81.6 cm³/mol. The number of carbonyl (C=O) groups is 1. The van der Waals surface area contributed by atoms with Gasteiger partial charge in [0.2, 0.25) is 5.91 Å². The van der Waals surface area contributed by atoms with E-state index in [9.17, 15) is 4.79 Å². The molecule has 1 aromatic rings. The number of aromatic nitrogens is 2. The van der Waals surface area contributed by atoms with Crippen LogP contribution in [0.5, 0.6) is 0 Å². The summed E-state index contributed by atoms with van der Waals surface area (Å²) in [5.41, 5.74) is 6.67. The highest BCUT2D eigenvalue weighted by atomic mass is 16.2. The molecule has 20 heavy (non-hydrogen) atoms. The number of nitrogen functional groups attached to an aromatic ring is 1. The smallest absolute Gasteiger partial charge is 0.241 e. The first-order chi connectivity index (χ1) is 9.53. The fourth-order valence-corrected chi connectivity index (χ4v) is 1.94. The molecule has 0 saturated heterocycles. The standard InChI is InChI=1S/C14H25N5O/c1-5-8-11-17-13(15)10(4)14(18-11)16-9-12(20)19(6-2)7-3/h5-9H2,1-4H3,(H3,15,16,17,18). The Morgan fingerprint density at radius 3 is 2.45 bits per heavy atom. The molecule has 0 bridgehead atoms. The average Bonchev–Trinajstić information content (AvgIpc) is 2.42. The van der Waals surface area contributed by atoms with E-state index >= 15 is 0 Å². The van der Waals surface area contributed by atoms with Gasteiger partial charge in [0, 0.05) is 25.1 Å².